The van der Waals surface area contributed by atoms with Gasteiger partial charge in [0.25, 0.3) is 0 Å². The summed E-state index contributed by atoms with van der Waals surface area (Å²) in [6.45, 7) is 8.48. The Morgan fingerprint density at radius 1 is 1.55 bits per heavy atom. The minimum absolute atomic E-state index is 0.456. The predicted molar refractivity (Wildman–Crippen MR) is 46.8 cm³/mol. The highest BCUT2D eigenvalue weighted by Gasteiger charge is 2.58. The van der Waals surface area contributed by atoms with E-state index in [1.807, 2.05) is 0 Å². The summed E-state index contributed by atoms with van der Waals surface area (Å²) in [5.74, 6) is 8.49. The standard InChI is InChI=1S/C11H14/c1-4-9-8-6-7-10(8)11(9,3)5-2/h4,8-10H,1,5H2,2-3H3. The molecule has 2 aliphatic carbocycles. The van der Waals surface area contributed by atoms with Crippen LogP contribution in [-0.2, 0) is 0 Å². The summed E-state index contributed by atoms with van der Waals surface area (Å²) < 4.78 is 0. The van der Waals surface area contributed by atoms with Crippen LogP contribution < -0.4 is 0 Å². The van der Waals surface area contributed by atoms with Crippen LogP contribution in [-0.4, -0.2) is 0 Å². The quantitative estimate of drug-likeness (QED) is 0.414. The van der Waals surface area contributed by atoms with E-state index in [-0.39, 0.29) is 0 Å². The van der Waals surface area contributed by atoms with Crippen LogP contribution in [0.2, 0.25) is 0 Å². The lowest BCUT2D eigenvalue weighted by atomic mass is 9.44. The molecule has 1 fully saturated rings. The average molecular weight is 146 g/mol. The Balaban J connectivity index is 2.25. The Hall–Kier alpha value is -0.700. The summed E-state index contributed by atoms with van der Waals surface area (Å²) in [5.41, 5.74) is 0.456. The molecule has 0 nitrogen and oxygen atoms in total. The maximum Gasteiger partial charge on any atom is 0.0414 e. The van der Waals surface area contributed by atoms with Gasteiger partial charge in [0.2, 0.25) is 0 Å². The second kappa shape index (κ2) is 1.91. The van der Waals surface area contributed by atoms with Crippen molar-refractivity contribution in [2.75, 3.05) is 0 Å². The molecule has 0 heteroatoms. The highest BCUT2D eigenvalue weighted by atomic mass is 14.6. The van der Waals surface area contributed by atoms with Gasteiger partial charge < -0.3 is 0 Å². The lowest BCUT2D eigenvalue weighted by molar-refractivity contribution is -0.0312. The van der Waals surface area contributed by atoms with Gasteiger partial charge in [-0.1, -0.05) is 31.8 Å². The summed E-state index contributed by atoms with van der Waals surface area (Å²) in [7, 11) is 0. The third-order valence-corrected chi connectivity index (χ3v) is 3.64. The molecule has 0 spiro atoms. The first kappa shape index (κ1) is 6.98. The number of hydrogen-bond acceptors (Lipinski definition) is 0. The summed E-state index contributed by atoms with van der Waals surface area (Å²) >= 11 is 0. The molecule has 0 aliphatic heterocycles. The highest BCUT2D eigenvalue weighted by Crippen LogP contribution is 2.60. The fraction of sp³-hybridized carbons (Fsp3) is 0.636. The maximum absolute atomic E-state index is 3.88. The van der Waals surface area contributed by atoms with Crippen LogP contribution in [0.5, 0.6) is 0 Å². The van der Waals surface area contributed by atoms with Crippen molar-refractivity contribution in [3.8, 4) is 11.8 Å². The van der Waals surface area contributed by atoms with E-state index in [1.165, 1.54) is 6.42 Å². The molecule has 58 valence electrons. The molecule has 0 radical (unpaired) electrons. The van der Waals surface area contributed by atoms with E-state index < -0.39 is 0 Å². The molecule has 2 aliphatic rings. The van der Waals surface area contributed by atoms with E-state index in [0.717, 1.165) is 0 Å². The van der Waals surface area contributed by atoms with Crippen LogP contribution in [0, 0.1) is 35.0 Å². The topological polar surface area (TPSA) is 0 Å². The molecular formula is C11H14. The smallest absolute Gasteiger partial charge is 0.0414 e. The first-order valence-electron chi connectivity index (χ1n) is 4.37. The third-order valence-electron chi connectivity index (χ3n) is 3.64. The fourth-order valence-corrected chi connectivity index (χ4v) is 2.51. The summed E-state index contributed by atoms with van der Waals surface area (Å²) in [6, 6.07) is 0. The van der Waals surface area contributed by atoms with E-state index >= 15 is 0 Å². The van der Waals surface area contributed by atoms with Gasteiger partial charge in [0.1, 0.15) is 0 Å². The number of rotatable bonds is 2. The zero-order valence-corrected chi connectivity index (χ0v) is 7.22. The molecule has 4 atom stereocenters. The predicted octanol–water partition coefficient (Wildman–Crippen LogP) is 2.47. The van der Waals surface area contributed by atoms with Crippen molar-refractivity contribution in [3.63, 3.8) is 0 Å². The molecule has 0 N–H and O–H groups in total. The van der Waals surface area contributed by atoms with Crippen molar-refractivity contribution in [2.24, 2.45) is 23.2 Å². The molecule has 0 saturated heterocycles. The molecular weight excluding hydrogens is 132 g/mol. The van der Waals surface area contributed by atoms with Crippen LogP contribution in [0.15, 0.2) is 12.7 Å². The van der Waals surface area contributed by atoms with Gasteiger partial charge in [0.15, 0.2) is 0 Å². The Morgan fingerprint density at radius 2 is 2.27 bits per heavy atom. The number of allylic oxidation sites excluding steroid dienone is 1. The third kappa shape index (κ3) is 0.577. The van der Waals surface area contributed by atoms with Crippen LogP contribution in [0.25, 0.3) is 0 Å². The summed E-state index contributed by atoms with van der Waals surface area (Å²) in [4.78, 5) is 0. The van der Waals surface area contributed by atoms with Crippen LogP contribution >= 0.6 is 0 Å². The largest absolute Gasteiger partial charge is 0.103 e. The van der Waals surface area contributed by atoms with Gasteiger partial charge in [-0.15, -0.1) is 6.58 Å². The number of fused-ring (bicyclic) bond motifs is 1. The first-order valence-corrected chi connectivity index (χ1v) is 4.37. The van der Waals surface area contributed by atoms with Crippen LogP contribution in [0.4, 0.5) is 0 Å². The van der Waals surface area contributed by atoms with Crippen molar-refractivity contribution in [1.29, 1.82) is 0 Å². The van der Waals surface area contributed by atoms with Gasteiger partial charge in [-0.3, -0.25) is 0 Å². The lowest BCUT2D eigenvalue weighted by Gasteiger charge is -2.58. The van der Waals surface area contributed by atoms with Crippen molar-refractivity contribution in [3.05, 3.63) is 12.7 Å². The minimum atomic E-state index is 0.456. The monoisotopic (exact) mass is 146 g/mol. The van der Waals surface area contributed by atoms with E-state index in [0.29, 0.717) is 23.2 Å². The molecule has 2 rings (SSSR count). The Bertz CT molecular complexity index is 253. The van der Waals surface area contributed by atoms with Crippen molar-refractivity contribution >= 4 is 0 Å². The van der Waals surface area contributed by atoms with Gasteiger partial charge in [-0.2, -0.15) is 0 Å². The Kier molecular flexibility index (Phi) is 1.21. The fourth-order valence-electron chi connectivity index (χ4n) is 2.51. The van der Waals surface area contributed by atoms with Gasteiger partial charge in [-0.25, -0.2) is 0 Å². The molecule has 0 aromatic heterocycles. The van der Waals surface area contributed by atoms with Gasteiger partial charge in [0.05, 0.1) is 0 Å². The van der Waals surface area contributed by atoms with E-state index in [4.69, 9.17) is 0 Å². The molecule has 0 aromatic carbocycles. The Morgan fingerprint density at radius 3 is 2.55 bits per heavy atom. The van der Waals surface area contributed by atoms with E-state index in [2.05, 4.69) is 38.3 Å². The van der Waals surface area contributed by atoms with Gasteiger partial charge in [0, 0.05) is 11.8 Å². The van der Waals surface area contributed by atoms with Crippen molar-refractivity contribution in [1.82, 2.24) is 0 Å². The minimum Gasteiger partial charge on any atom is -0.103 e. The maximum atomic E-state index is 3.88. The van der Waals surface area contributed by atoms with E-state index in [9.17, 15) is 0 Å². The second-order valence-electron chi connectivity index (χ2n) is 3.91. The molecule has 0 heterocycles. The van der Waals surface area contributed by atoms with Gasteiger partial charge >= 0.3 is 0 Å². The Labute approximate surface area is 68.7 Å². The zero-order chi connectivity index (χ0) is 8.06. The molecule has 0 bridgehead atoms. The SMILES string of the molecule is C=CC1C2C#CC2C1(C)CC. The van der Waals surface area contributed by atoms with Crippen LogP contribution in [0.3, 0.4) is 0 Å². The summed E-state index contributed by atoms with van der Waals surface area (Å²) in [5, 5.41) is 0. The lowest BCUT2D eigenvalue weighted by Crippen LogP contribution is -2.56. The summed E-state index contributed by atoms with van der Waals surface area (Å²) in [6.07, 6.45) is 3.33. The first-order chi connectivity index (χ1) is 5.24. The molecule has 4 unspecified atom stereocenters. The molecule has 11 heavy (non-hydrogen) atoms. The van der Waals surface area contributed by atoms with Gasteiger partial charge in [-0.05, 0) is 17.8 Å². The normalized spacial score (nSPS) is 50.9. The highest BCUT2D eigenvalue weighted by molar-refractivity contribution is 5.37. The van der Waals surface area contributed by atoms with Crippen molar-refractivity contribution in [2.45, 2.75) is 20.3 Å². The average Bonchev–Trinajstić information content (AvgIpc) is 1.96. The van der Waals surface area contributed by atoms with Crippen LogP contribution in [0.1, 0.15) is 20.3 Å². The van der Waals surface area contributed by atoms with Crippen molar-refractivity contribution < 1.29 is 0 Å². The molecule has 1 saturated carbocycles. The number of hydrogen-bond donors (Lipinski definition) is 0. The van der Waals surface area contributed by atoms with E-state index in [1.54, 1.807) is 0 Å². The second-order valence-corrected chi connectivity index (χ2v) is 3.91. The zero-order valence-electron chi connectivity index (χ0n) is 7.22. The molecule has 0 amide bonds. The molecule has 0 aromatic rings.